The van der Waals surface area contributed by atoms with Gasteiger partial charge in [0.05, 0.1) is 12.8 Å². The zero-order valence-electron chi connectivity index (χ0n) is 13.2. The smallest absolute Gasteiger partial charge is 0.261 e. The number of halogens is 1. The number of benzene rings is 2. The van der Waals surface area contributed by atoms with Crippen LogP contribution in [0.3, 0.4) is 0 Å². The lowest BCUT2D eigenvalue weighted by Gasteiger charge is -2.10. The molecule has 2 aromatic carbocycles. The second kappa shape index (κ2) is 6.88. The van der Waals surface area contributed by atoms with E-state index in [4.69, 9.17) is 9.26 Å². The van der Waals surface area contributed by atoms with Crippen LogP contribution in [0, 0.1) is 6.92 Å². The van der Waals surface area contributed by atoms with Crippen LogP contribution >= 0.6 is 15.9 Å². The lowest BCUT2D eigenvalue weighted by Crippen LogP contribution is -2.14. The van der Waals surface area contributed by atoms with E-state index >= 15 is 0 Å². The molecule has 24 heavy (non-hydrogen) atoms. The Hall–Kier alpha value is -2.60. The summed E-state index contributed by atoms with van der Waals surface area (Å²) in [6, 6.07) is 14.8. The van der Waals surface area contributed by atoms with Gasteiger partial charge < -0.3 is 14.6 Å². The van der Waals surface area contributed by atoms with Gasteiger partial charge in [-0.2, -0.15) is 0 Å². The maximum atomic E-state index is 12.8. The third-order valence-corrected chi connectivity index (χ3v) is 4.04. The average Bonchev–Trinajstić information content (AvgIpc) is 2.99. The molecule has 6 heteroatoms. The predicted octanol–water partition coefficient (Wildman–Crippen LogP) is 4.67. The van der Waals surface area contributed by atoms with Gasteiger partial charge in [0, 0.05) is 10.0 Å². The molecule has 0 aliphatic heterocycles. The van der Waals surface area contributed by atoms with Gasteiger partial charge in [-0.05, 0) is 25.1 Å². The number of carbonyl (C=O) groups is 1. The summed E-state index contributed by atoms with van der Waals surface area (Å²) in [6.07, 6.45) is 0. The zero-order valence-corrected chi connectivity index (χ0v) is 14.8. The molecule has 0 bridgehead atoms. The molecule has 0 aliphatic rings. The molecule has 0 saturated heterocycles. The Morgan fingerprint density at radius 3 is 2.67 bits per heavy atom. The van der Waals surface area contributed by atoms with E-state index in [0.717, 1.165) is 10.0 Å². The third-order valence-electron chi connectivity index (χ3n) is 3.55. The maximum Gasteiger partial charge on any atom is 0.261 e. The third kappa shape index (κ3) is 3.19. The van der Waals surface area contributed by atoms with Gasteiger partial charge in [-0.3, -0.25) is 4.79 Å². The highest BCUT2D eigenvalue weighted by molar-refractivity contribution is 9.10. The molecule has 1 amide bonds. The van der Waals surface area contributed by atoms with Crippen LogP contribution in [0.25, 0.3) is 11.3 Å². The Balaban J connectivity index is 1.96. The Kier molecular flexibility index (Phi) is 4.66. The Morgan fingerprint density at radius 1 is 1.21 bits per heavy atom. The number of aromatic nitrogens is 1. The van der Waals surface area contributed by atoms with E-state index in [1.54, 1.807) is 26.2 Å². The number of carbonyl (C=O) groups excluding carboxylic acids is 1. The molecule has 0 spiro atoms. The zero-order chi connectivity index (χ0) is 17.1. The lowest BCUT2D eigenvalue weighted by molar-refractivity contribution is 0.102. The average molecular weight is 387 g/mol. The van der Waals surface area contributed by atoms with Gasteiger partial charge in [0.15, 0.2) is 0 Å². The molecular formula is C18H15BrN2O3. The highest BCUT2D eigenvalue weighted by Crippen LogP contribution is 2.30. The first-order valence-corrected chi connectivity index (χ1v) is 8.06. The maximum absolute atomic E-state index is 12.8. The number of rotatable bonds is 4. The van der Waals surface area contributed by atoms with Crippen LogP contribution < -0.4 is 10.1 Å². The van der Waals surface area contributed by atoms with E-state index in [1.807, 2.05) is 36.4 Å². The van der Waals surface area contributed by atoms with Crippen molar-refractivity contribution in [2.45, 2.75) is 6.92 Å². The van der Waals surface area contributed by atoms with Crippen LogP contribution in [-0.4, -0.2) is 18.2 Å². The second-order valence-electron chi connectivity index (χ2n) is 5.13. The summed E-state index contributed by atoms with van der Waals surface area (Å²) in [5.74, 6) is 0.726. The van der Waals surface area contributed by atoms with Crippen LogP contribution in [0.2, 0.25) is 0 Å². The number of hydrogen-bond donors (Lipinski definition) is 1. The van der Waals surface area contributed by atoms with Crippen molar-refractivity contribution in [3.63, 3.8) is 0 Å². The van der Waals surface area contributed by atoms with E-state index in [1.165, 1.54) is 0 Å². The molecule has 3 aromatic rings. The molecular weight excluding hydrogens is 372 g/mol. The first-order chi connectivity index (χ1) is 11.6. The number of amides is 1. The van der Waals surface area contributed by atoms with Gasteiger partial charge in [-0.25, -0.2) is 0 Å². The first kappa shape index (κ1) is 16.3. The van der Waals surface area contributed by atoms with E-state index in [0.29, 0.717) is 28.5 Å². The largest absolute Gasteiger partial charge is 0.495 e. The number of aryl methyl sites for hydroxylation is 1. The van der Waals surface area contributed by atoms with Crippen LogP contribution in [0.4, 0.5) is 5.69 Å². The minimum Gasteiger partial charge on any atom is -0.495 e. The molecule has 1 aromatic heterocycles. The number of nitrogens with zero attached hydrogens (tertiary/aromatic N) is 1. The molecule has 0 unspecified atom stereocenters. The monoisotopic (exact) mass is 386 g/mol. The Labute approximate surface area is 147 Å². The van der Waals surface area contributed by atoms with E-state index in [2.05, 4.69) is 26.4 Å². The van der Waals surface area contributed by atoms with Crippen LogP contribution in [-0.2, 0) is 0 Å². The number of ether oxygens (including phenoxy) is 1. The molecule has 0 aliphatic carbocycles. The van der Waals surface area contributed by atoms with Gasteiger partial charge in [-0.15, -0.1) is 0 Å². The Morgan fingerprint density at radius 2 is 1.96 bits per heavy atom. The summed E-state index contributed by atoms with van der Waals surface area (Å²) < 4.78 is 11.4. The molecule has 0 atom stereocenters. The predicted molar refractivity (Wildman–Crippen MR) is 95.3 cm³/mol. The molecule has 0 saturated carbocycles. The van der Waals surface area contributed by atoms with Gasteiger partial charge in [-0.1, -0.05) is 51.4 Å². The Bertz CT molecular complexity index is 875. The summed E-state index contributed by atoms with van der Waals surface area (Å²) >= 11 is 3.38. The van der Waals surface area contributed by atoms with Crippen molar-refractivity contribution in [1.82, 2.24) is 5.16 Å². The summed E-state index contributed by atoms with van der Waals surface area (Å²) in [7, 11) is 1.55. The van der Waals surface area contributed by atoms with Crippen LogP contribution in [0.1, 0.15) is 16.1 Å². The van der Waals surface area contributed by atoms with E-state index < -0.39 is 0 Å². The molecule has 0 radical (unpaired) electrons. The molecule has 3 rings (SSSR count). The molecule has 0 fully saturated rings. The lowest BCUT2D eigenvalue weighted by atomic mass is 10.1. The second-order valence-corrected chi connectivity index (χ2v) is 6.04. The highest BCUT2D eigenvalue weighted by atomic mass is 79.9. The summed E-state index contributed by atoms with van der Waals surface area (Å²) in [5, 5.41) is 6.89. The van der Waals surface area contributed by atoms with Gasteiger partial charge in [0.2, 0.25) is 0 Å². The number of methoxy groups -OCH3 is 1. The van der Waals surface area contributed by atoms with Crippen molar-refractivity contribution in [3.05, 3.63) is 64.3 Å². The summed E-state index contributed by atoms with van der Waals surface area (Å²) in [4.78, 5) is 12.8. The number of anilines is 1. The van der Waals surface area contributed by atoms with Crippen molar-refractivity contribution in [1.29, 1.82) is 0 Å². The number of nitrogens with one attached hydrogen (secondary N) is 1. The quantitative estimate of drug-likeness (QED) is 0.707. The van der Waals surface area contributed by atoms with Crippen molar-refractivity contribution in [2.24, 2.45) is 0 Å². The first-order valence-electron chi connectivity index (χ1n) is 7.26. The van der Waals surface area contributed by atoms with Gasteiger partial charge in [0.25, 0.3) is 5.91 Å². The SMILES string of the molecule is COc1cc(Br)ccc1NC(=O)c1c(-c2ccccc2)noc1C. The molecule has 1 N–H and O–H groups in total. The summed E-state index contributed by atoms with van der Waals surface area (Å²) in [6.45, 7) is 1.72. The van der Waals surface area contributed by atoms with Gasteiger partial charge in [0.1, 0.15) is 22.8 Å². The normalized spacial score (nSPS) is 10.5. The molecule has 1 heterocycles. The number of hydrogen-bond acceptors (Lipinski definition) is 4. The van der Waals surface area contributed by atoms with Crippen molar-refractivity contribution in [3.8, 4) is 17.0 Å². The minimum atomic E-state index is -0.298. The van der Waals surface area contributed by atoms with E-state index in [-0.39, 0.29) is 5.91 Å². The molecule has 5 nitrogen and oxygen atoms in total. The van der Waals surface area contributed by atoms with Crippen molar-refractivity contribution < 1.29 is 14.1 Å². The topological polar surface area (TPSA) is 64.4 Å². The van der Waals surface area contributed by atoms with Crippen LogP contribution in [0.5, 0.6) is 5.75 Å². The molecule has 122 valence electrons. The minimum absolute atomic E-state index is 0.298. The van der Waals surface area contributed by atoms with Crippen molar-refractivity contribution in [2.75, 3.05) is 12.4 Å². The highest BCUT2D eigenvalue weighted by Gasteiger charge is 2.22. The fourth-order valence-corrected chi connectivity index (χ4v) is 2.73. The summed E-state index contributed by atoms with van der Waals surface area (Å²) in [5.41, 5.74) is 2.32. The fourth-order valence-electron chi connectivity index (χ4n) is 2.39. The van der Waals surface area contributed by atoms with E-state index in [9.17, 15) is 4.79 Å². The standard InChI is InChI=1S/C18H15BrN2O3/c1-11-16(17(21-24-11)12-6-4-3-5-7-12)18(22)20-14-9-8-13(19)10-15(14)23-2/h3-10H,1-2H3,(H,20,22). The van der Waals surface area contributed by atoms with Gasteiger partial charge >= 0.3 is 0 Å². The fraction of sp³-hybridized carbons (Fsp3) is 0.111. The van der Waals surface area contributed by atoms with Crippen LogP contribution in [0.15, 0.2) is 57.5 Å². The van der Waals surface area contributed by atoms with Crippen molar-refractivity contribution >= 4 is 27.5 Å².